The lowest BCUT2D eigenvalue weighted by Crippen LogP contribution is -2.34. The van der Waals surface area contributed by atoms with Gasteiger partial charge in [-0.25, -0.2) is 4.98 Å². The third-order valence-electron chi connectivity index (χ3n) is 6.54. The zero-order chi connectivity index (χ0) is 28.6. The van der Waals surface area contributed by atoms with Crippen LogP contribution in [-0.2, 0) is 4.79 Å². The zero-order valence-corrected chi connectivity index (χ0v) is 23.9. The van der Waals surface area contributed by atoms with Gasteiger partial charge in [-0.05, 0) is 79.2 Å². The fraction of sp³-hybridized carbons (Fsp3) is 0.152. The highest BCUT2D eigenvalue weighted by molar-refractivity contribution is 8.00. The molecule has 1 unspecified atom stereocenters. The molecule has 4 aromatic carbocycles. The van der Waals surface area contributed by atoms with Crippen LogP contribution in [0.4, 0.5) is 11.4 Å². The minimum Gasteiger partial charge on any atom is -0.497 e. The molecule has 0 aliphatic heterocycles. The summed E-state index contributed by atoms with van der Waals surface area (Å²) in [7, 11) is 3.27. The van der Waals surface area contributed by atoms with Gasteiger partial charge in [-0.15, -0.1) is 10.2 Å². The lowest BCUT2D eigenvalue weighted by atomic mass is 10.0. The Balaban J connectivity index is 1.51. The smallest absolute Gasteiger partial charge is 0.245 e. The molecule has 0 saturated carbocycles. The fourth-order valence-electron chi connectivity index (χ4n) is 4.39. The number of hydrogen-bond acceptors (Lipinski definition) is 7. The SMILES string of the molecule is CCC(Sc1nnc(-c2ccc(OC)cc2)c(-c2ccc(OC)cc2)n1)C(=O)N(c1ccccc1)c1ccccc1. The maximum absolute atomic E-state index is 14.1. The monoisotopic (exact) mass is 562 g/mol. The molecule has 1 amide bonds. The number of methoxy groups -OCH3 is 2. The summed E-state index contributed by atoms with van der Waals surface area (Å²) in [5, 5.41) is 9.06. The highest BCUT2D eigenvalue weighted by Crippen LogP contribution is 2.35. The van der Waals surface area contributed by atoms with Crippen LogP contribution in [0.5, 0.6) is 11.5 Å². The Labute approximate surface area is 244 Å². The molecule has 41 heavy (non-hydrogen) atoms. The van der Waals surface area contributed by atoms with Gasteiger partial charge in [0.05, 0.1) is 19.5 Å². The number of ether oxygens (including phenoxy) is 2. The van der Waals surface area contributed by atoms with Crippen LogP contribution in [0.15, 0.2) is 114 Å². The molecule has 0 radical (unpaired) electrons. The Kier molecular flexibility index (Phi) is 8.91. The van der Waals surface area contributed by atoms with E-state index in [-0.39, 0.29) is 5.91 Å². The second kappa shape index (κ2) is 13.1. The van der Waals surface area contributed by atoms with E-state index in [2.05, 4.69) is 10.2 Å². The lowest BCUT2D eigenvalue weighted by molar-refractivity contribution is -0.117. The molecule has 1 heterocycles. The van der Waals surface area contributed by atoms with Gasteiger partial charge in [0.25, 0.3) is 0 Å². The van der Waals surface area contributed by atoms with E-state index < -0.39 is 5.25 Å². The molecule has 206 valence electrons. The van der Waals surface area contributed by atoms with Crippen molar-refractivity contribution in [3.63, 3.8) is 0 Å². The minimum absolute atomic E-state index is 0.0521. The standard InChI is InChI=1S/C33H30N4O3S/c1-4-29(32(38)37(25-11-7-5-8-12-25)26-13-9-6-10-14-26)41-33-34-30(23-15-19-27(39-2)20-16-23)31(35-36-33)24-17-21-28(40-3)22-18-24/h5-22,29H,4H2,1-3H3. The van der Waals surface area contributed by atoms with Gasteiger partial charge in [0.2, 0.25) is 11.1 Å². The molecule has 7 nitrogen and oxygen atoms in total. The largest absolute Gasteiger partial charge is 0.497 e. The summed E-state index contributed by atoms with van der Waals surface area (Å²) in [4.78, 5) is 20.8. The number of carbonyl (C=O) groups is 1. The summed E-state index contributed by atoms with van der Waals surface area (Å²) in [6, 6.07) is 34.6. The average molecular weight is 563 g/mol. The van der Waals surface area contributed by atoms with Crippen molar-refractivity contribution < 1.29 is 14.3 Å². The Morgan fingerprint density at radius 1 is 0.707 bits per heavy atom. The van der Waals surface area contributed by atoms with Crippen LogP contribution < -0.4 is 14.4 Å². The average Bonchev–Trinajstić information content (AvgIpc) is 3.04. The van der Waals surface area contributed by atoms with Crippen LogP contribution in [0.2, 0.25) is 0 Å². The van der Waals surface area contributed by atoms with Crippen LogP contribution in [0.25, 0.3) is 22.5 Å². The summed E-state index contributed by atoms with van der Waals surface area (Å²) in [5.41, 5.74) is 4.63. The predicted molar refractivity (Wildman–Crippen MR) is 164 cm³/mol. The second-order valence-electron chi connectivity index (χ2n) is 9.11. The maximum Gasteiger partial charge on any atom is 0.245 e. The summed E-state index contributed by atoms with van der Waals surface area (Å²) in [5.74, 6) is 1.44. The number of thioether (sulfide) groups is 1. The van der Waals surface area contributed by atoms with Crippen LogP contribution in [0.3, 0.4) is 0 Å². The molecule has 0 fully saturated rings. The van der Waals surface area contributed by atoms with Crippen molar-refractivity contribution in [1.82, 2.24) is 15.2 Å². The number of benzene rings is 4. The summed E-state index contributed by atoms with van der Waals surface area (Å²) in [6.45, 7) is 1.99. The van der Waals surface area contributed by atoms with Gasteiger partial charge in [0, 0.05) is 22.5 Å². The molecule has 0 bridgehead atoms. The number of rotatable bonds is 10. The van der Waals surface area contributed by atoms with Crippen molar-refractivity contribution in [3.8, 4) is 34.0 Å². The Morgan fingerprint density at radius 2 is 1.20 bits per heavy atom. The molecule has 0 aliphatic rings. The highest BCUT2D eigenvalue weighted by Gasteiger charge is 2.28. The van der Waals surface area contributed by atoms with Gasteiger partial charge in [-0.1, -0.05) is 55.1 Å². The third-order valence-corrected chi connectivity index (χ3v) is 7.74. The van der Waals surface area contributed by atoms with Crippen molar-refractivity contribution in [1.29, 1.82) is 0 Å². The molecule has 5 aromatic rings. The quantitative estimate of drug-likeness (QED) is 0.164. The number of hydrogen-bond donors (Lipinski definition) is 0. The first kappa shape index (κ1) is 27.9. The number of carbonyl (C=O) groups excluding carboxylic acids is 1. The van der Waals surface area contributed by atoms with Gasteiger partial charge in [0.1, 0.15) is 22.9 Å². The summed E-state index contributed by atoms with van der Waals surface area (Å²) < 4.78 is 10.7. The van der Waals surface area contributed by atoms with Gasteiger partial charge >= 0.3 is 0 Å². The summed E-state index contributed by atoms with van der Waals surface area (Å²) in [6.07, 6.45) is 0.584. The van der Waals surface area contributed by atoms with Crippen molar-refractivity contribution in [2.24, 2.45) is 0 Å². The second-order valence-corrected chi connectivity index (χ2v) is 10.3. The van der Waals surface area contributed by atoms with E-state index in [1.54, 1.807) is 19.1 Å². The third kappa shape index (κ3) is 6.39. The first-order chi connectivity index (χ1) is 20.1. The van der Waals surface area contributed by atoms with E-state index in [9.17, 15) is 4.79 Å². The summed E-state index contributed by atoms with van der Waals surface area (Å²) >= 11 is 1.32. The molecule has 0 saturated heterocycles. The van der Waals surface area contributed by atoms with Gasteiger partial charge in [0.15, 0.2) is 0 Å². The van der Waals surface area contributed by atoms with Gasteiger partial charge in [-0.3, -0.25) is 9.69 Å². The van der Waals surface area contributed by atoms with E-state index in [0.29, 0.717) is 23.0 Å². The van der Waals surface area contributed by atoms with Crippen molar-refractivity contribution in [3.05, 3.63) is 109 Å². The van der Waals surface area contributed by atoms with Crippen LogP contribution in [-0.4, -0.2) is 40.6 Å². The van der Waals surface area contributed by atoms with E-state index >= 15 is 0 Å². The topological polar surface area (TPSA) is 77.4 Å². The van der Waals surface area contributed by atoms with E-state index in [0.717, 1.165) is 34.0 Å². The van der Waals surface area contributed by atoms with Gasteiger partial charge in [-0.2, -0.15) is 0 Å². The van der Waals surface area contributed by atoms with Crippen molar-refractivity contribution in [2.45, 2.75) is 23.8 Å². The fourth-order valence-corrected chi connectivity index (χ4v) is 5.25. The Hall–Kier alpha value is -4.69. The van der Waals surface area contributed by atoms with Gasteiger partial charge < -0.3 is 9.47 Å². The number of para-hydroxylation sites is 2. The first-order valence-electron chi connectivity index (χ1n) is 13.3. The normalized spacial score (nSPS) is 11.5. The Bertz CT molecular complexity index is 1540. The van der Waals surface area contributed by atoms with Crippen molar-refractivity contribution >= 4 is 29.0 Å². The number of amides is 1. The first-order valence-corrected chi connectivity index (χ1v) is 14.1. The number of anilines is 2. The molecular formula is C33H30N4O3S. The number of aromatic nitrogens is 3. The molecule has 1 atom stereocenters. The van der Waals surface area contributed by atoms with Crippen molar-refractivity contribution in [2.75, 3.05) is 19.1 Å². The highest BCUT2D eigenvalue weighted by atomic mass is 32.2. The predicted octanol–water partition coefficient (Wildman–Crippen LogP) is 7.46. The van der Waals surface area contributed by atoms with E-state index in [1.807, 2.05) is 116 Å². The maximum atomic E-state index is 14.1. The molecule has 5 rings (SSSR count). The molecule has 0 aliphatic carbocycles. The molecule has 0 N–H and O–H groups in total. The van der Waals surface area contributed by atoms with E-state index in [1.165, 1.54) is 11.8 Å². The molecule has 0 spiro atoms. The number of nitrogens with zero attached hydrogens (tertiary/aromatic N) is 4. The van der Waals surface area contributed by atoms with Crippen LogP contribution in [0, 0.1) is 0 Å². The minimum atomic E-state index is -0.437. The molecule has 8 heteroatoms. The van der Waals surface area contributed by atoms with Crippen LogP contribution in [0.1, 0.15) is 13.3 Å². The molecule has 1 aromatic heterocycles. The Morgan fingerprint density at radius 3 is 1.66 bits per heavy atom. The molecular weight excluding hydrogens is 532 g/mol. The van der Waals surface area contributed by atoms with E-state index in [4.69, 9.17) is 14.5 Å². The zero-order valence-electron chi connectivity index (χ0n) is 23.1. The van der Waals surface area contributed by atoms with Crippen LogP contribution >= 0.6 is 11.8 Å². The lowest BCUT2D eigenvalue weighted by Gasteiger charge is -2.26.